The number of hydrogen-bond donors (Lipinski definition) is 2. The van der Waals surface area contributed by atoms with E-state index in [0.717, 1.165) is 22.1 Å². The SMILES string of the molecule is Cc1nnc(NC(=O)NCCCSc2ccc(F)cc2)s1. The molecule has 2 amide bonds. The monoisotopic (exact) mass is 326 g/mol. The van der Waals surface area contributed by atoms with Gasteiger partial charge < -0.3 is 5.32 Å². The summed E-state index contributed by atoms with van der Waals surface area (Å²) >= 11 is 2.96. The summed E-state index contributed by atoms with van der Waals surface area (Å²) in [5.74, 6) is 0.619. The summed E-state index contributed by atoms with van der Waals surface area (Å²) in [5.41, 5.74) is 0. The molecular weight excluding hydrogens is 311 g/mol. The van der Waals surface area contributed by atoms with Crippen molar-refractivity contribution in [3.05, 3.63) is 35.1 Å². The van der Waals surface area contributed by atoms with E-state index in [0.29, 0.717) is 11.7 Å². The summed E-state index contributed by atoms with van der Waals surface area (Å²) in [6.07, 6.45) is 0.824. The molecule has 0 saturated carbocycles. The van der Waals surface area contributed by atoms with Gasteiger partial charge >= 0.3 is 6.03 Å². The van der Waals surface area contributed by atoms with Crippen molar-refractivity contribution in [3.8, 4) is 0 Å². The molecule has 2 N–H and O–H groups in total. The summed E-state index contributed by atoms with van der Waals surface area (Å²) in [5, 5.41) is 14.3. The van der Waals surface area contributed by atoms with Crippen LogP contribution < -0.4 is 10.6 Å². The summed E-state index contributed by atoms with van der Waals surface area (Å²) in [7, 11) is 0. The van der Waals surface area contributed by atoms with Crippen molar-refractivity contribution in [1.29, 1.82) is 0 Å². The van der Waals surface area contributed by atoms with E-state index < -0.39 is 0 Å². The van der Waals surface area contributed by atoms with Gasteiger partial charge in [-0.05, 0) is 43.4 Å². The van der Waals surface area contributed by atoms with Crippen molar-refractivity contribution in [3.63, 3.8) is 0 Å². The minimum absolute atomic E-state index is 0.232. The Morgan fingerprint density at radius 3 is 2.76 bits per heavy atom. The van der Waals surface area contributed by atoms with Crippen molar-refractivity contribution < 1.29 is 9.18 Å². The molecule has 2 aromatic rings. The van der Waals surface area contributed by atoms with Crippen LogP contribution in [0.5, 0.6) is 0 Å². The van der Waals surface area contributed by atoms with Crippen LogP contribution in [-0.2, 0) is 0 Å². The fourth-order valence-corrected chi connectivity index (χ4v) is 2.92. The van der Waals surface area contributed by atoms with E-state index in [1.54, 1.807) is 23.9 Å². The van der Waals surface area contributed by atoms with E-state index in [1.807, 2.05) is 6.92 Å². The van der Waals surface area contributed by atoms with Crippen molar-refractivity contribution in [2.75, 3.05) is 17.6 Å². The van der Waals surface area contributed by atoms with Crippen LogP contribution in [0.4, 0.5) is 14.3 Å². The number of rotatable bonds is 6. The Bertz CT molecular complexity index is 588. The number of aromatic nitrogens is 2. The van der Waals surface area contributed by atoms with Crippen LogP contribution in [0.1, 0.15) is 11.4 Å². The van der Waals surface area contributed by atoms with Gasteiger partial charge in [-0.15, -0.1) is 22.0 Å². The Labute approximate surface area is 130 Å². The number of thioether (sulfide) groups is 1. The Morgan fingerprint density at radius 1 is 1.33 bits per heavy atom. The molecule has 0 aliphatic heterocycles. The third-order valence-electron chi connectivity index (χ3n) is 2.44. The smallest absolute Gasteiger partial charge is 0.321 e. The normalized spacial score (nSPS) is 10.4. The first kappa shape index (κ1) is 15.7. The largest absolute Gasteiger partial charge is 0.338 e. The summed E-state index contributed by atoms with van der Waals surface area (Å²) in [4.78, 5) is 12.6. The Balaban J connectivity index is 1.59. The van der Waals surface area contributed by atoms with E-state index in [-0.39, 0.29) is 11.8 Å². The van der Waals surface area contributed by atoms with Crippen LogP contribution in [0.3, 0.4) is 0 Å². The molecule has 112 valence electrons. The molecule has 0 saturated heterocycles. The van der Waals surface area contributed by atoms with E-state index in [2.05, 4.69) is 20.8 Å². The highest BCUT2D eigenvalue weighted by molar-refractivity contribution is 7.99. The van der Waals surface area contributed by atoms with Crippen LogP contribution in [0.25, 0.3) is 0 Å². The highest BCUT2D eigenvalue weighted by Crippen LogP contribution is 2.18. The van der Waals surface area contributed by atoms with Crippen LogP contribution in [0.2, 0.25) is 0 Å². The van der Waals surface area contributed by atoms with Crippen LogP contribution in [0.15, 0.2) is 29.2 Å². The van der Waals surface area contributed by atoms with Gasteiger partial charge in [0.1, 0.15) is 10.8 Å². The first-order chi connectivity index (χ1) is 10.1. The van der Waals surface area contributed by atoms with Crippen LogP contribution in [0, 0.1) is 12.7 Å². The molecule has 1 heterocycles. The second-order valence-electron chi connectivity index (χ2n) is 4.16. The van der Waals surface area contributed by atoms with Crippen molar-refractivity contribution in [1.82, 2.24) is 15.5 Å². The second kappa shape index (κ2) is 7.94. The van der Waals surface area contributed by atoms with Crippen molar-refractivity contribution in [2.45, 2.75) is 18.2 Å². The lowest BCUT2D eigenvalue weighted by molar-refractivity contribution is 0.252. The van der Waals surface area contributed by atoms with E-state index >= 15 is 0 Å². The fraction of sp³-hybridized carbons (Fsp3) is 0.308. The molecule has 0 aliphatic carbocycles. The summed E-state index contributed by atoms with van der Waals surface area (Å²) < 4.78 is 12.7. The van der Waals surface area contributed by atoms with Gasteiger partial charge in [-0.1, -0.05) is 11.3 Å². The molecule has 0 atom stereocenters. The van der Waals surface area contributed by atoms with Gasteiger partial charge in [0.15, 0.2) is 0 Å². The molecule has 5 nitrogen and oxygen atoms in total. The van der Waals surface area contributed by atoms with Crippen molar-refractivity contribution >= 4 is 34.3 Å². The van der Waals surface area contributed by atoms with Gasteiger partial charge in [0.25, 0.3) is 0 Å². The summed E-state index contributed by atoms with van der Waals surface area (Å²) in [6, 6.07) is 6.10. The van der Waals surface area contributed by atoms with Gasteiger partial charge in [-0.3, -0.25) is 5.32 Å². The highest BCUT2D eigenvalue weighted by atomic mass is 32.2. The zero-order valence-electron chi connectivity index (χ0n) is 11.4. The topological polar surface area (TPSA) is 66.9 Å². The lowest BCUT2D eigenvalue weighted by atomic mass is 10.4. The molecule has 0 bridgehead atoms. The highest BCUT2D eigenvalue weighted by Gasteiger charge is 2.05. The first-order valence-corrected chi connectivity index (χ1v) is 8.17. The number of nitrogens with one attached hydrogen (secondary N) is 2. The number of benzene rings is 1. The number of carbonyl (C=O) groups is 1. The third kappa shape index (κ3) is 5.68. The maximum atomic E-state index is 12.7. The number of carbonyl (C=O) groups excluding carboxylic acids is 1. The Morgan fingerprint density at radius 2 is 2.10 bits per heavy atom. The second-order valence-corrected chi connectivity index (χ2v) is 6.51. The molecule has 0 spiro atoms. The molecule has 0 fully saturated rings. The average molecular weight is 326 g/mol. The van der Waals surface area contributed by atoms with Gasteiger partial charge in [0.05, 0.1) is 0 Å². The fourth-order valence-electron chi connectivity index (χ4n) is 1.48. The maximum Gasteiger partial charge on any atom is 0.321 e. The minimum atomic E-state index is -0.280. The molecule has 0 aliphatic rings. The van der Waals surface area contributed by atoms with E-state index in [9.17, 15) is 9.18 Å². The summed E-state index contributed by atoms with van der Waals surface area (Å²) in [6.45, 7) is 2.39. The lowest BCUT2D eigenvalue weighted by Gasteiger charge is -2.05. The molecule has 2 rings (SSSR count). The first-order valence-electron chi connectivity index (χ1n) is 6.37. The Kier molecular flexibility index (Phi) is 5.94. The molecule has 0 radical (unpaired) electrons. The molecule has 0 unspecified atom stereocenters. The number of anilines is 1. The van der Waals surface area contributed by atoms with Crippen LogP contribution >= 0.6 is 23.1 Å². The number of aryl methyl sites for hydroxylation is 1. The molecule has 1 aromatic heterocycles. The third-order valence-corrected chi connectivity index (χ3v) is 4.29. The zero-order valence-corrected chi connectivity index (χ0v) is 13.1. The Hall–Kier alpha value is -1.67. The molecule has 21 heavy (non-hydrogen) atoms. The number of urea groups is 1. The predicted molar refractivity (Wildman–Crippen MR) is 83.4 cm³/mol. The van der Waals surface area contributed by atoms with Crippen LogP contribution in [-0.4, -0.2) is 28.5 Å². The molecule has 8 heteroatoms. The number of hydrogen-bond acceptors (Lipinski definition) is 5. The maximum absolute atomic E-state index is 12.7. The predicted octanol–water partition coefficient (Wildman–Crippen LogP) is 3.29. The van der Waals surface area contributed by atoms with Crippen molar-refractivity contribution in [2.24, 2.45) is 0 Å². The zero-order chi connectivity index (χ0) is 15.1. The number of nitrogens with zero attached hydrogens (tertiary/aromatic N) is 2. The lowest BCUT2D eigenvalue weighted by Crippen LogP contribution is -2.29. The van der Waals surface area contributed by atoms with Gasteiger partial charge in [-0.25, -0.2) is 9.18 Å². The van der Waals surface area contributed by atoms with Gasteiger partial charge in [-0.2, -0.15) is 0 Å². The van der Waals surface area contributed by atoms with E-state index in [1.165, 1.54) is 23.5 Å². The van der Waals surface area contributed by atoms with E-state index in [4.69, 9.17) is 0 Å². The van der Waals surface area contributed by atoms with Gasteiger partial charge in [0.2, 0.25) is 5.13 Å². The minimum Gasteiger partial charge on any atom is -0.338 e. The standard InChI is InChI=1S/C13H15FN4OS2/c1-9-17-18-13(21-9)16-12(19)15-7-2-8-20-11-5-3-10(14)4-6-11/h3-6H,2,7-8H2,1H3,(H2,15,16,18,19). The van der Waals surface area contributed by atoms with Gasteiger partial charge in [0, 0.05) is 11.4 Å². The quantitative estimate of drug-likeness (QED) is 0.631. The molecule has 1 aromatic carbocycles. The number of amides is 2. The molecular formula is C13H15FN4OS2. The number of halogens is 1. The average Bonchev–Trinajstić information content (AvgIpc) is 2.86.